The van der Waals surface area contributed by atoms with Gasteiger partial charge in [0.05, 0.1) is 11.1 Å². The predicted molar refractivity (Wildman–Crippen MR) is 68.9 cm³/mol. The van der Waals surface area contributed by atoms with Gasteiger partial charge in [-0.3, -0.25) is 0 Å². The Balaban J connectivity index is 2.17. The summed E-state index contributed by atoms with van der Waals surface area (Å²) in [4.78, 5) is 22.4. The van der Waals surface area contributed by atoms with Crippen LogP contribution in [0.3, 0.4) is 0 Å². The highest BCUT2D eigenvalue weighted by Gasteiger charge is 2.11. The monoisotopic (exact) mass is 259 g/mol. The van der Waals surface area contributed by atoms with Gasteiger partial charge in [-0.25, -0.2) is 14.8 Å². The molecule has 18 heavy (non-hydrogen) atoms. The molecule has 0 aliphatic heterocycles. The summed E-state index contributed by atoms with van der Waals surface area (Å²) in [6.45, 7) is 2.01. The first-order valence-electron chi connectivity index (χ1n) is 5.27. The van der Waals surface area contributed by atoms with E-state index in [4.69, 9.17) is 5.11 Å². The Labute approximate surface area is 106 Å². The molecule has 0 unspecified atom stereocenters. The fourth-order valence-corrected chi connectivity index (χ4v) is 2.58. The third kappa shape index (κ3) is 1.67. The zero-order valence-corrected chi connectivity index (χ0v) is 10.3. The van der Waals surface area contributed by atoms with Crippen molar-refractivity contribution in [3.63, 3.8) is 0 Å². The van der Waals surface area contributed by atoms with Crippen molar-refractivity contribution < 1.29 is 9.90 Å². The van der Waals surface area contributed by atoms with Crippen LogP contribution in [0.5, 0.6) is 0 Å². The number of thiophene rings is 1. The summed E-state index contributed by atoms with van der Waals surface area (Å²) in [6, 6.07) is 1.54. The lowest BCUT2D eigenvalue weighted by Crippen LogP contribution is -1.96. The van der Waals surface area contributed by atoms with Crippen molar-refractivity contribution in [3.05, 3.63) is 34.2 Å². The van der Waals surface area contributed by atoms with Gasteiger partial charge in [-0.1, -0.05) is 0 Å². The van der Waals surface area contributed by atoms with Crippen LogP contribution in [0.4, 0.5) is 0 Å². The molecule has 0 spiro atoms. The summed E-state index contributed by atoms with van der Waals surface area (Å²) in [6.07, 6.45) is 1.32. The molecule has 90 valence electrons. The van der Waals surface area contributed by atoms with Gasteiger partial charge in [0.25, 0.3) is 0 Å². The number of carbonyl (C=O) groups is 1. The van der Waals surface area contributed by atoms with Gasteiger partial charge < -0.3 is 10.1 Å². The van der Waals surface area contributed by atoms with Crippen molar-refractivity contribution in [3.8, 4) is 11.4 Å². The van der Waals surface area contributed by atoms with Crippen LogP contribution in [0.2, 0.25) is 0 Å². The minimum atomic E-state index is -0.993. The molecular weight excluding hydrogens is 250 g/mol. The van der Waals surface area contributed by atoms with Crippen molar-refractivity contribution in [2.24, 2.45) is 0 Å². The van der Waals surface area contributed by atoms with E-state index in [0.717, 1.165) is 17.0 Å². The molecule has 5 nitrogen and oxygen atoms in total. The minimum Gasteiger partial charge on any atom is -0.478 e. The Morgan fingerprint density at radius 2 is 2.28 bits per heavy atom. The van der Waals surface area contributed by atoms with Gasteiger partial charge in [0.2, 0.25) is 0 Å². The largest absolute Gasteiger partial charge is 0.478 e. The first kappa shape index (κ1) is 10.9. The third-order valence-corrected chi connectivity index (χ3v) is 3.56. The summed E-state index contributed by atoms with van der Waals surface area (Å²) in [5, 5.41) is 13.0. The van der Waals surface area contributed by atoms with Crippen molar-refractivity contribution in [1.29, 1.82) is 0 Å². The topological polar surface area (TPSA) is 78.9 Å². The highest BCUT2D eigenvalue weighted by atomic mass is 32.1. The van der Waals surface area contributed by atoms with Crippen LogP contribution in [-0.4, -0.2) is 26.0 Å². The van der Waals surface area contributed by atoms with E-state index in [0.29, 0.717) is 11.2 Å². The van der Waals surface area contributed by atoms with Crippen LogP contribution in [-0.2, 0) is 0 Å². The van der Waals surface area contributed by atoms with E-state index in [9.17, 15) is 4.79 Å². The molecule has 6 heteroatoms. The summed E-state index contributed by atoms with van der Waals surface area (Å²) < 4.78 is 0. The number of imidazole rings is 1. The van der Waals surface area contributed by atoms with Crippen LogP contribution in [0.25, 0.3) is 22.6 Å². The standard InChI is InChI=1S/C12H9N3O2S/c1-6-4-18-5-8(6)10-14-9-2-7(12(16)17)3-13-11(9)15-10/h2-5H,1H3,(H,16,17)(H,13,14,15). The normalized spacial score (nSPS) is 10.9. The van der Waals surface area contributed by atoms with E-state index in [1.165, 1.54) is 6.20 Å². The lowest BCUT2D eigenvalue weighted by atomic mass is 10.2. The molecule has 3 rings (SSSR count). The number of rotatable bonds is 2. The van der Waals surface area contributed by atoms with Crippen LogP contribution < -0.4 is 0 Å². The van der Waals surface area contributed by atoms with Crippen molar-refractivity contribution in [2.45, 2.75) is 6.92 Å². The van der Waals surface area contributed by atoms with E-state index in [1.54, 1.807) is 17.4 Å². The maximum atomic E-state index is 10.9. The zero-order chi connectivity index (χ0) is 12.7. The van der Waals surface area contributed by atoms with E-state index in [-0.39, 0.29) is 5.56 Å². The number of fused-ring (bicyclic) bond motifs is 1. The van der Waals surface area contributed by atoms with E-state index in [1.807, 2.05) is 17.7 Å². The summed E-state index contributed by atoms with van der Waals surface area (Å²) in [5.74, 6) is -0.272. The summed E-state index contributed by atoms with van der Waals surface area (Å²) in [7, 11) is 0. The Kier molecular flexibility index (Phi) is 2.38. The van der Waals surface area contributed by atoms with Gasteiger partial charge in [0, 0.05) is 17.1 Å². The molecule has 0 aliphatic carbocycles. The highest BCUT2D eigenvalue weighted by molar-refractivity contribution is 7.08. The number of carboxylic acid groups (broad SMARTS) is 1. The average molecular weight is 259 g/mol. The lowest BCUT2D eigenvalue weighted by Gasteiger charge is -1.92. The van der Waals surface area contributed by atoms with Crippen molar-refractivity contribution >= 4 is 28.5 Å². The molecule has 3 heterocycles. The SMILES string of the molecule is Cc1cscc1-c1nc2ncc(C(=O)O)cc2[nH]1. The summed E-state index contributed by atoms with van der Waals surface area (Å²) in [5.41, 5.74) is 3.48. The number of carboxylic acids is 1. The maximum absolute atomic E-state index is 10.9. The smallest absolute Gasteiger partial charge is 0.337 e. The van der Waals surface area contributed by atoms with Crippen LogP contribution >= 0.6 is 11.3 Å². The minimum absolute atomic E-state index is 0.153. The quantitative estimate of drug-likeness (QED) is 0.741. The van der Waals surface area contributed by atoms with Gasteiger partial charge in [-0.15, -0.1) is 0 Å². The summed E-state index contributed by atoms with van der Waals surface area (Å²) >= 11 is 1.60. The molecule has 0 radical (unpaired) electrons. The number of aromatic carboxylic acids is 1. The van der Waals surface area contributed by atoms with Crippen LogP contribution in [0, 0.1) is 6.92 Å². The van der Waals surface area contributed by atoms with Crippen molar-refractivity contribution in [2.75, 3.05) is 0 Å². The molecule has 0 saturated carbocycles. The highest BCUT2D eigenvalue weighted by Crippen LogP contribution is 2.26. The molecule has 0 amide bonds. The molecule has 0 aromatic carbocycles. The molecule has 0 bridgehead atoms. The fraction of sp³-hybridized carbons (Fsp3) is 0.0833. The van der Waals surface area contributed by atoms with Crippen LogP contribution in [0.1, 0.15) is 15.9 Å². The number of nitrogens with one attached hydrogen (secondary N) is 1. The number of hydrogen-bond donors (Lipinski definition) is 2. The Bertz CT molecular complexity index is 745. The second kappa shape index (κ2) is 3.92. The predicted octanol–water partition coefficient (Wildman–Crippen LogP) is 2.69. The second-order valence-corrected chi connectivity index (χ2v) is 4.70. The number of aryl methyl sites for hydroxylation is 1. The first-order valence-corrected chi connectivity index (χ1v) is 6.21. The number of aromatic nitrogens is 3. The van der Waals surface area contributed by atoms with E-state index >= 15 is 0 Å². The lowest BCUT2D eigenvalue weighted by molar-refractivity contribution is 0.0696. The van der Waals surface area contributed by atoms with Crippen molar-refractivity contribution in [1.82, 2.24) is 15.0 Å². The molecule has 2 N–H and O–H groups in total. The number of pyridine rings is 1. The first-order chi connectivity index (χ1) is 8.65. The fourth-order valence-electron chi connectivity index (χ4n) is 1.75. The molecule has 0 fully saturated rings. The number of H-pyrrole nitrogens is 1. The second-order valence-electron chi connectivity index (χ2n) is 3.95. The Hall–Kier alpha value is -2.21. The Morgan fingerprint density at radius 1 is 1.44 bits per heavy atom. The van der Waals surface area contributed by atoms with Gasteiger partial charge >= 0.3 is 5.97 Å². The zero-order valence-electron chi connectivity index (χ0n) is 9.47. The maximum Gasteiger partial charge on any atom is 0.337 e. The molecule has 0 saturated heterocycles. The molecule has 0 atom stereocenters. The van der Waals surface area contributed by atoms with Gasteiger partial charge in [0.15, 0.2) is 5.65 Å². The average Bonchev–Trinajstić information content (AvgIpc) is 2.92. The van der Waals surface area contributed by atoms with Crippen LogP contribution in [0.15, 0.2) is 23.0 Å². The van der Waals surface area contributed by atoms with E-state index in [2.05, 4.69) is 15.0 Å². The molecule has 3 aromatic heterocycles. The molecular formula is C12H9N3O2S. The third-order valence-electron chi connectivity index (χ3n) is 2.70. The van der Waals surface area contributed by atoms with Gasteiger partial charge in [0.1, 0.15) is 5.82 Å². The molecule has 3 aromatic rings. The Morgan fingerprint density at radius 3 is 2.94 bits per heavy atom. The van der Waals surface area contributed by atoms with E-state index < -0.39 is 5.97 Å². The van der Waals surface area contributed by atoms with Gasteiger partial charge in [-0.2, -0.15) is 11.3 Å². The number of nitrogens with zero attached hydrogens (tertiary/aromatic N) is 2. The van der Waals surface area contributed by atoms with Gasteiger partial charge in [-0.05, 0) is 23.9 Å². The number of aromatic amines is 1. The number of hydrogen-bond acceptors (Lipinski definition) is 4. The molecule has 0 aliphatic rings.